The zero-order valence-corrected chi connectivity index (χ0v) is 12.3. The first kappa shape index (κ1) is 13.6. The van der Waals surface area contributed by atoms with Crippen molar-refractivity contribution in [3.05, 3.63) is 64.1 Å². The molecule has 0 fully saturated rings. The summed E-state index contributed by atoms with van der Waals surface area (Å²) in [5.74, 6) is 1.18. The molecule has 108 valence electrons. The second-order valence-electron chi connectivity index (χ2n) is 4.69. The largest absolute Gasteiger partial charge is 0.467 e. The van der Waals surface area contributed by atoms with Crippen LogP contribution in [0.2, 0.25) is 0 Å². The maximum absolute atomic E-state index is 12.6. The molecule has 1 amide bonds. The molecule has 3 aromatic rings. The molecule has 0 aliphatic carbocycles. The first-order valence-electron chi connectivity index (χ1n) is 6.48. The van der Waals surface area contributed by atoms with Crippen LogP contribution in [0.25, 0.3) is 0 Å². The number of carbonyl (C=O) groups excluding carboxylic acids is 1. The predicted molar refractivity (Wildman–Crippen MR) is 77.8 cm³/mol. The molecule has 3 heterocycles. The number of nitrogens with zero attached hydrogens (tertiary/aromatic N) is 2. The van der Waals surface area contributed by atoms with Crippen LogP contribution in [0.4, 0.5) is 0 Å². The molecule has 0 unspecified atom stereocenters. The molecular weight excluding hydrogens is 288 g/mol. The van der Waals surface area contributed by atoms with E-state index in [4.69, 9.17) is 8.94 Å². The number of hydrogen-bond acceptors (Lipinski definition) is 5. The Morgan fingerprint density at radius 2 is 2.29 bits per heavy atom. The quantitative estimate of drug-likeness (QED) is 0.724. The van der Waals surface area contributed by atoms with Gasteiger partial charge in [-0.3, -0.25) is 4.79 Å². The average Bonchev–Trinajstić information content (AvgIpc) is 3.19. The van der Waals surface area contributed by atoms with E-state index in [2.05, 4.69) is 5.16 Å². The van der Waals surface area contributed by atoms with E-state index in [1.165, 1.54) is 0 Å². The number of aromatic nitrogens is 1. The van der Waals surface area contributed by atoms with Crippen LogP contribution in [-0.2, 0) is 13.1 Å². The summed E-state index contributed by atoms with van der Waals surface area (Å²) in [5.41, 5.74) is 1.40. The molecule has 0 aromatic carbocycles. The van der Waals surface area contributed by atoms with E-state index >= 15 is 0 Å². The van der Waals surface area contributed by atoms with Gasteiger partial charge in [-0.25, -0.2) is 0 Å². The van der Waals surface area contributed by atoms with E-state index in [1.807, 2.05) is 29.0 Å². The minimum atomic E-state index is -0.172. The third-order valence-corrected chi connectivity index (χ3v) is 3.75. The van der Waals surface area contributed by atoms with Gasteiger partial charge in [0.15, 0.2) is 5.69 Å². The second-order valence-corrected chi connectivity index (χ2v) is 5.48. The molecule has 0 N–H and O–H groups in total. The van der Waals surface area contributed by atoms with E-state index in [0.29, 0.717) is 24.5 Å². The molecule has 3 rings (SSSR count). The van der Waals surface area contributed by atoms with E-state index in [1.54, 1.807) is 35.5 Å². The van der Waals surface area contributed by atoms with Crippen molar-refractivity contribution in [1.29, 1.82) is 0 Å². The number of hydrogen-bond donors (Lipinski definition) is 0. The lowest BCUT2D eigenvalue weighted by Gasteiger charge is -2.19. The minimum Gasteiger partial charge on any atom is -0.467 e. The first-order chi connectivity index (χ1) is 10.2. The van der Waals surface area contributed by atoms with Crippen molar-refractivity contribution in [2.24, 2.45) is 0 Å². The molecule has 0 aliphatic rings. The summed E-state index contributed by atoms with van der Waals surface area (Å²) in [4.78, 5) is 14.3. The van der Waals surface area contributed by atoms with Gasteiger partial charge < -0.3 is 13.8 Å². The summed E-state index contributed by atoms with van der Waals surface area (Å²) < 4.78 is 10.3. The van der Waals surface area contributed by atoms with Crippen LogP contribution < -0.4 is 0 Å². The van der Waals surface area contributed by atoms with Gasteiger partial charge in [0.25, 0.3) is 5.91 Å². The summed E-state index contributed by atoms with van der Waals surface area (Å²) in [7, 11) is 0. The maximum Gasteiger partial charge on any atom is 0.276 e. The highest BCUT2D eigenvalue weighted by atomic mass is 32.1. The van der Waals surface area contributed by atoms with Crippen molar-refractivity contribution < 1.29 is 13.7 Å². The lowest BCUT2D eigenvalue weighted by molar-refractivity contribution is 0.0707. The lowest BCUT2D eigenvalue weighted by atomic mass is 10.2. The molecule has 0 radical (unpaired) electrons. The summed E-state index contributed by atoms with van der Waals surface area (Å²) in [6.45, 7) is 2.67. The highest BCUT2D eigenvalue weighted by Gasteiger charge is 2.21. The van der Waals surface area contributed by atoms with Crippen LogP contribution >= 0.6 is 11.3 Å². The van der Waals surface area contributed by atoms with Crippen LogP contribution in [0.1, 0.15) is 27.6 Å². The van der Waals surface area contributed by atoms with Gasteiger partial charge in [-0.2, -0.15) is 11.3 Å². The lowest BCUT2D eigenvalue weighted by Crippen LogP contribution is -2.30. The molecule has 6 heteroatoms. The fraction of sp³-hybridized carbons (Fsp3) is 0.200. The third-order valence-electron chi connectivity index (χ3n) is 3.01. The van der Waals surface area contributed by atoms with Crippen LogP contribution in [0.5, 0.6) is 0 Å². The first-order valence-corrected chi connectivity index (χ1v) is 7.43. The Morgan fingerprint density at radius 3 is 2.90 bits per heavy atom. The van der Waals surface area contributed by atoms with Gasteiger partial charge in [0.2, 0.25) is 0 Å². The van der Waals surface area contributed by atoms with E-state index in [0.717, 1.165) is 11.3 Å². The van der Waals surface area contributed by atoms with Crippen LogP contribution in [0.15, 0.2) is 50.2 Å². The van der Waals surface area contributed by atoms with Gasteiger partial charge in [-0.15, -0.1) is 0 Å². The summed E-state index contributed by atoms with van der Waals surface area (Å²) >= 11 is 1.61. The number of carbonyl (C=O) groups is 1. The van der Waals surface area contributed by atoms with E-state index < -0.39 is 0 Å². The number of furan rings is 1. The molecule has 0 aliphatic heterocycles. The van der Waals surface area contributed by atoms with Crippen molar-refractivity contribution in [1.82, 2.24) is 10.1 Å². The molecule has 0 spiro atoms. The molecule has 5 nitrogen and oxygen atoms in total. The van der Waals surface area contributed by atoms with Crippen molar-refractivity contribution in [2.75, 3.05) is 0 Å². The van der Waals surface area contributed by atoms with Gasteiger partial charge in [0, 0.05) is 12.6 Å². The maximum atomic E-state index is 12.6. The standard InChI is InChI=1S/C15H14N2O3S/c1-11-7-14(16-20-11)15(18)17(8-12-4-6-21-10-12)9-13-3-2-5-19-13/h2-7,10H,8-9H2,1H3. The number of amides is 1. The van der Waals surface area contributed by atoms with Crippen molar-refractivity contribution in [3.63, 3.8) is 0 Å². The molecule has 0 saturated heterocycles. The van der Waals surface area contributed by atoms with Gasteiger partial charge >= 0.3 is 0 Å². The van der Waals surface area contributed by atoms with Crippen LogP contribution in [0, 0.1) is 6.92 Å². The predicted octanol–water partition coefficient (Wildman–Crippen LogP) is 3.48. The Bertz CT molecular complexity index is 665. The van der Waals surface area contributed by atoms with E-state index in [9.17, 15) is 4.79 Å². The Hall–Kier alpha value is -2.34. The summed E-state index contributed by atoms with van der Waals surface area (Å²) in [6.07, 6.45) is 1.60. The van der Waals surface area contributed by atoms with Gasteiger partial charge in [0.1, 0.15) is 11.5 Å². The molecule has 0 saturated carbocycles. The molecular formula is C15H14N2O3S. The smallest absolute Gasteiger partial charge is 0.276 e. The van der Waals surface area contributed by atoms with Crippen molar-refractivity contribution >= 4 is 17.2 Å². The second kappa shape index (κ2) is 5.97. The van der Waals surface area contributed by atoms with Gasteiger partial charge in [-0.1, -0.05) is 5.16 Å². The van der Waals surface area contributed by atoms with Crippen molar-refractivity contribution in [2.45, 2.75) is 20.0 Å². The summed E-state index contributed by atoms with van der Waals surface area (Å²) in [5, 5.41) is 7.82. The molecule has 3 aromatic heterocycles. The number of thiophene rings is 1. The van der Waals surface area contributed by atoms with E-state index in [-0.39, 0.29) is 5.91 Å². The van der Waals surface area contributed by atoms with Gasteiger partial charge in [0.05, 0.1) is 12.8 Å². The SMILES string of the molecule is Cc1cc(C(=O)N(Cc2ccsc2)Cc2ccco2)no1. The monoisotopic (exact) mass is 302 g/mol. The fourth-order valence-electron chi connectivity index (χ4n) is 2.02. The minimum absolute atomic E-state index is 0.172. The van der Waals surface area contributed by atoms with Gasteiger partial charge in [-0.05, 0) is 41.4 Å². The highest BCUT2D eigenvalue weighted by Crippen LogP contribution is 2.16. The number of aryl methyl sites for hydroxylation is 1. The molecule has 21 heavy (non-hydrogen) atoms. The Balaban J connectivity index is 1.82. The topological polar surface area (TPSA) is 59.5 Å². The highest BCUT2D eigenvalue weighted by molar-refractivity contribution is 7.07. The van der Waals surface area contributed by atoms with Crippen LogP contribution in [0.3, 0.4) is 0 Å². The van der Waals surface area contributed by atoms with Crippen molar-refractivity contribution in [3.8, 4) is 0 Å². The third kappa shape index (κ3) is 3.22. The Morgan fingerprint density at radius 1 is 1.38 bits per heavy atom. The molecule has 0 atom stereocenters. The number of rotatable bonds is 5. The normalized spacial score (nSPS) is 10.7. The average molecular weight is 302 g/mol. The Kier molecular flexibility index (Phi) is 3.87. The summed E-state index contributed by atoms with van der Waals surface area (Å²) in [6, 6.07) is 7.30. The molecule has 0 bridgehead atoms. The zero-order chi connectivity index (χ0) is 14.7. The zero-order valence-electron chi connectivity index (χ0n) is 11.5. The van der Waals surface area contributed by atoms with Crippen LogP contribution in [-0.4, -0.2) is 16.0 Å². The Labute approximate surface area is 125 Å². The fourth-order valence-corrected chi connectivity index (χ4v) is 2.68.